The van der Waals surface area contributed by atoms with Crippen molar-refractivity contribution in [3.8, 4) is 0 Å². The molecule has 0 aliphatic rings. The molecular formula is C15H20N4O. The minimum absolute atomic E-state index is 0.0488. The second kappa shape index (κ2) is 6.86. The van der Waals surface area contributed by atoms with Crippen LogP contribution in [0, 0.1) is 6.92 Å². The van der Waals surface area contributed by atoms with Crippen molar-refractivity contribution in [1.29, 1.82) is 0 Å². The summed E-state index contributed by atoms with van der Waals surface area (Å²) >= 11 is 0. The van der Waals surface area contributed by atoms with Crippen molar-refractivity contribution in [2.75, 3.05) is 24.3 Å². The summed E-state index contributed by atoms with van der Waals surface area (Å²) in [6.07, 6.45) is 2.26. The van der Waals surface area contributed by atoms with E-state index in [2.05, 4.69) is 32.7 Å². The normalized spacial score (nSPS) is 11.9. The summed E-state index contributed by atoms with van der Waals surface area (Å²) in [4.78, 5) is 8.39. The van der Waals surface area contributed by atoms with Crippen LogP contribution in [0.25, 0.3) is 0 Å². The smallest absolute Gasteiger partial charge is 0.134 e. The molecule has 0 bridgehead atoms. The van der Waals surface area contributed by atoms with Crippen LogP contribution in [0.2, 0.25) is 0 Å². The highest BCUT2D eigenvalue weighted by Gasteiger charge is 2.12. The van der Waals surface area contributed by atoms with E-state index in [1.807, 2.05) is 32.2 Å². The number of benzene rings is 1. The first-order valence-electron chi connectivity index (χ1n) is 6.65. The minimum atomic E-state index is -0.0734. The molecule has 0 fully saturated rings. The molecule has 0 saturated carbocycles. The van der Waals surface area contributed by atoms with Crippen LogP contribution < -0.4 is 10.6 Å². The first kappa shape index (κ1) is 14.3. The standard InChI is InChI=1S/C15H20N4O/c1-11-14(16-2)17-10-18-15(11)19-13(9-20)8-12-6-4-3-5-7-12/h3-7,10,13,20H,8-9H2,1-2H3,(H2,16,17,18,19). The van der Waals surface area contributed by atoms with E-state index in [9.17, 15) is 5.11 Å². The van der Waals surface area contributed by atoms with Crippen LogP contribution >= 0.6 is 0 Å². The van der Waals surface area contributed by atoms with Gasteiger partial charge in [0.25, 0.3) is 0 Å². The zero-order valence-corrected chi connectivity index (χ0v) is 11.8. The first-order chi connectivity index (χ1) is 9.74. The van der Waals surface area contributed by atoms with E-state index in [1.165, 1.54) is 11.9 Å². The molecular weight excluding hydrogens is 252 g/mol. The molecule has 0 saturated heterocycles. The Balaban J connectivity index is 2.10. The third-order valence-electron chi connectivity index (χ3n) is 3.21. The summed E-state index contributed by atoms with van der Waals surface area (Å²) < 4.78 is 0. The third kappa shape index (κ3) is 3.45. The second-order valence-corrected chi connectivity index (χ2v) is 4.66. The highest BCUT2D eigenvalue weighted by atomic mass is 16.3. The molecule has 1 aromatic carbocycles. The van der Waals surface area contributed by atoms with Crippen molar-refractivity contribution in [2.45, 2.75) is 19.4 Å². The predicted molar refractivity (Wildman–Crippen MR) is 81.0 cm³/mol. The molecule has 1 unspecified atom stereocenters. The van der Waals surface area contributed by atoms with E-state index in [1.54, 1.807) is 0 Å². The largest absolute Gasteiger partial charge is 0.394 e. The SMILES string of the molecule is CNc1ncnc(NC(CO)Cc2ccccc2)c1C. The average Bonchev–Trinajstić information content (AvgIpc) is 2.49. The Morgan fingerprint density at radius 1 is 1.15 bits per heavy atom. The van der Waals surface area contributed by atoms with Crippen LogP contribution in [0.4, 0.5) is 11.6 Å². The van der Waals surface area contributed by atoms with Gasteiger partial charge in [-0.25, -0.2) is 9.97 Å². The lowest BCUT2D eigenvalue weighted by Gasteiger charge is -2.19. The monoisotopic (exact) mass is 272 g/mol. The molecule has 5 heteroatoms. The lowest BCUT2D eigenvalue weighted by molar-refractivity contribution is 0.273. The number of anilines is 2. The maximum atomic E-state index is 9.54. The molecule has 1 atom stereocenters. The van der Waals surface area contributed by atoms with Gasteiger partial charge in [0.1, 0.15) is 18.0 Å². The van der Waals surface area contributed by atoms with Gasteiger partial charge in [0.05, 0.1) is 12.6 Å². The first-order valence-corrected chi connectivity index (χ1v) is 6.65. The maximum absolute atomic E-state index is 9.54. The molecule has 1 heterocycles. The summed E-state index contributed by atoms with van der Waals surface area (Å²) in [5.41, 5.74) is 2.13. The summed E-state index contributed by atoms with van der Waals surface area (Å²) in [7, 11) is 1.83. The third-order valence-corrected chi connectivity index (χ3v) is 3.21. The van der Waals surface area contributed by atoms with Crippen molar-refractivity contribution in [1.82, 2.24) is 9.97 Å². The summed E-state index contributed by atoms with van der Waals surface area (Å²) in [6, 6.07) is 10.0. The average molecular weight is 272 g/mol. The lowest BCUT2D eigenvalue weighted by Crippen LogP contribution is -2.27. The van der Waals surface area contributed by atoms with Gasteiger partial charge in [0.2, 0.25) is 0 Å². The van der Waals surface area contributed by atoms with Gasteiger partial charge in [0.15, 0.2) is 0 Å². The Bertz CT molecular complexity index is 545. The Kier molecular flexibility index (Phi) is 4.90. The van der Waals surface area contributed by atoms with Gasteiger partial charge < -0.3 is 15.7 Å². The zero-order chi connectivity index (χ0) is 14.4. The van der Waals surface area contributed by atoms with Crippen LogP contribution in [0.15, 0.2) is 36.7 Å². The van der Waals surface area contributed by atoms with Crippen LogP contribution in [-0.4, -0.2) is 34.8 Å². The number of hydrogen-bond acceptors (Lipinski definition) is 5. The molecule has 1 aromatic heterocycles. The van der Waals surface area contributed by atoms with Crippen LogP contribution in [0.1, 0.15) is 11.1 Å². The second-order valence-electron chi connectivity index (χ2n) is 4.66. The number of nitrogens with one attached hydrogen (secondary N) is 2. The van der Waals surface area contributed by atoms with Crippen LogP contribution in [0.5, 0.6) is 0 Å². The maximum Gasteiger partial charge on any atom is 0.134 e. The van der Waals surface area contributed by atoms with E-state index in [0.717, 1.165) is 23.6 Å². The molecule has 0 radical (unpaired) electrons. The van der Waals surface area contributed by atoms with Gasteiger partial charge in [-0.15, -0.1) is 0 Å². The summed E-state index contributed by atoms with van der Waals surface area (Å²) in [5, 5.41) is 15.8. The Hall–Kier alpha value is -2.14. The minimum Gasteiger partial charge on any atom is -0.394 e. The predicted octanol–water partition coefficient (Wildman–Crippen LogP) is 1.84. The van der Waals surface area contributed by atoms with Crippen molar-refractivity contribution in [3.05, 3.63) is 47.8 Å². The van der Waals surface area contributed by atoms with Crippen LogP contribution in [-0.2, 0) is 6.42 Å². The van der Waals surface area contributed by atoms with Gasteiger partial charge in [-0.05, 0) is 18.9 Å². The fourth-order valence-corrected chi connectivity index (χ4v) is 2.10. The highest BCUT2D eigenvalue weighted by Crippen LogP contribution is 2.19. The van der Waals surface area contributed by atoms with Gasteiger partial charge in [-0.1, -0.05) is 30.3 Å². The van der Waals surface area contributed by atoms with Crippen molar-refractivity contribution in [3.63, 3.8) is 0 Å². The summed E-state index contributed by atoms with van der Waals surface area (Å²) in [6.45, 7) is 2.00. The van der Waals surface area contributed by atoms with Gasteiger partial charge in [0, 0.05) is 12.6 Å². The molecule has 2 aromatic rings. The van der Waals surface area contributed by atoms with E-state index in [-0.39, 0.29) is 12.6 Å². The molecule has 3 N–H and O–H groups in total. The van der Waals surface area contributed by atoms with Crippen LogP contribution in [0.3, 0.4) is 0 Å². The van der Waals surface area contributed by atoms with Gasteiger partial charge in [-0.3, -0.25) is 0 Å². The molecule has 0 spiro atoms. The molecule has 0 aliphatic heterocycles. The van der Waals surface area contributed by atoms with E-state index in [4.69, 9.17) is 0 Å². The molecule has 0 amide bonds. The van der Waals surface area contributed by atoms with E-state index in [0.29, 0.717) is 0 Å². The Morgan fingerprint density at radius 3 is 2.50 bits per heavy atom. The lowest BCUT2D eigenvalue weighted by atomic mass is 10.1. The molecule has 5 nitrogen and oxygen atoms in total. The quantitative estimate of drug-likeness (QED) is 0.748. The summed E-state index contributed by atoms with van der Waals surface area (Å²) in [5.74, 6) is 1.54. The Labute approximate surface area is 119 Å². The number of aliphatic hydroxyl groups is 1. The van der Waals surface area contributed by atoms with Crippen molar-refractivity contribution < 1.29 is 5.11 Å². The number of rotatable bonds is 6. The Morgan fingerprint density at radius 2 is 1.85 bits per heavy atom. The molecule has 2 rings (SSSR count). The van der Waals surface area contributed by atoms with Gasteiger partial charge >= 0.3 is 0 Å². The molecule has 106 valence electrons. The highest BCUT2D eigenvalue weighted by molar-refractivity contribution is 5.56. The fraction of sp³-hybridized carbons (Fsp3) is 0.333. The number of aliphatic hydroxyl groups excluding tert-OH is 1. The number of hydrogen-bond donors (Lipinski definition) is 3. The van der Waals surface area contributed by atoms with E-state index >= 15 is 0 Å². The topological polar surface area (TPSA) is 70.1 Å². The van der Waals surface area contributed by atoms with Gasteiger partial charge in [-0.2, -0.15) is 0 Å². The van der Waals surface area contributed by atoms with Crippen molar-refractivity contribution in [2.24, 2.45) is 0 Å². The van der Waals surface area contributed by atoms with Crippen molar-refractivity contribution >= 4 is 11.6 Å². The molecule has 0 aliphatic carbocycles. The zero-order valence-electron chi connectivity index (χ0n) is 11.8. The number of aromatic nitrogens is 2. The molecule has 20 heavy (non-hydrogen) atoms. The van der Waals surface area contributed by atoms with E-state index < -0.39 is 0 Å². The fourth-order valence-electron chi connectivity index (χ4n) is 2.10. The number of nitrogens with zero attached hydrogens (tertiary/aromatic N) is 2.